The van der Waals surface area contributed by atoms with Crippen LogP contribution in [0.3, 0.4) is 0 Å². The zero-order valence-corrected chi connectivity index (χ0v) is 9.57. The Morgan fingerprint density at radius 1 is 1.16 bits per heavy atom. The molecule has 1 aromatic heterocycles. The number of nitrogen functional groups attached to an aromatic ring is 1. The van der Waals surface area contributed by atoms with E-state index in [-0.39, 0.29) is 16.9 Å². The summed E-state index contributed by atoms with van der Waals surface area (Å²) in [6, 6.07) is 7.81. The molecule has 3 nitrogen and oxygen atoms in total. The summed E-state index contributed by atoms with van der Waals surface area (Å²) in [7, 11) is 0. The molecule has 0 aliphatic rings. The average molecular weight is 263 g/mol. The van der Waals surface area contributed by atoms with Crippen LogP contribution < -0.4 is 5.73 Å². The van der Waals surface area contributed by atoms with Crippen molar-refractivity contribution in [2.75, 3.05) is 5.73 Å². The van der Waals surface area contributed by atoms with Crippen LogP contribution in [0, 0.1) is 11.3 Å². The summed E-state index contributed by atoms with van der Waals surface area (Å²) in [6.45, 7) is 0. The SMILES string of the molecule is N#Cc1cc(-c2cc(C(F)(F)F)ccc2N)ccn1. The number of hydrogen-bond acceptors (Lipinski definition) is 3. The van der Waals surface area contributed by atoms with Crippen LogP contribution >= 0.6 is 0 Å². The third-order valence-electron chi connectivity index (χ3n) is 2.57. The molecule has 6 heteroatoms. The van der Waals surface area contributed by atoms with Gasteiger partial charge in [0.1, 0.15) is 11.8 Å². The first-order chi connectivity index (χ1) is 8.91. The molecule has 0 aliphatic carbocycles. The van der Waals surface area contributed by atoms with Crippen LogP contribution in [0.25, 0.3) is 11.1 Å². The lowest BCUT2D eigenvalue weighted by Crippen LogP contribution is -2.05. The smallest absolute Gasteiger partial charge is 0.398 e. The molecule has 0 aliphatic heterocycles. The second-order valence-electron chi connectivity index (χ2n) is 3.84. The molecule has 0 bridgehead atoms. The van der Waals surface area contributed by atoms with E-state index in [1.807, 2.05) is 6.07 Å². The molecule has 0 saturated carbocycles. The molecular weight excluding hydrogens is 255 g/mol. The van der Waals surface area contributed by atoms with E-state index in [1.165, 1.54) is 24.4 Å². The fourth-order valence-corrected chi connectivity index (χ4v) is 1.64. The van der Waals surface area contributed by atoms with Crippen molar-refractivity contribution in [1.29, 1.82) is 5.26 Å². The molecule has 0 atom stereocenters. The van der Waals surface area contributed by atoms with Gasteiger partial charge in [0, 0.05) is 17.4 Å². The molecule has 19 heavy (non-hydrogen) atoms. The van der Waals surface area contributed by atoms with Gasteiger partial charge in [-0.3, -0.25) is 0 Å². The van der Waals surface area contributed by atoms with Crippen molar-refractivity contribution in [1.82, 2.24) is 4.98 Å². The summed E-state index contributed by atoms with van der Waals surface area (Å²) in [4.78, 5) is 3.76. The lowest BCUT2D eigenvalue weighted by atomic mass is 10.0. The van der Waals surface area contributed by atoms with Gasteiger partial charge in [-0.15, -0.1) is 0 Å². The van der Waals surface area contributed by atoms with Gasteiger partial charge in [-0.05, 0) is 35.9 Å². The summed E-state index contributed by atoms with van der Waals surface area (Å²) in [6.07, 6.45) is -3.08. The maximum absolute atomic E-state index is 12.7. The second-order valence-corrected chi connectivity index (χ2v) is 3.84. The van der Waals surface area contributed by atoms with E-state index in [1.54, 1.807) is 0 Å². The molecule has 2 N–H and O–H groups in total. The zero-order valence-electron chi connectivity index (χ0n) is 9.57. The van der Waals surface area contributed by atoms with Gasteiger partial charge in [0.05, 0.1) is 5.56 Å². The first-order valence-corrected chi connectivity index (χ1v) is 5.25. The number of benzene rings is 1. The number of nitrogens with zero attached hydrogens (tertiary/aromatic N) is 2. The minimum absolute atomic E-state index is 0.120. The van der Waals surface area contributed by atoms with E-state index in [0.29, 0.717) is 5.56 Å². The Bertz CT molecular complexity index is 657. The van der Waals surface area contributed by atoms with Crippen molar-refractivity contribution in [3.8, 4) is 17.2 Å². The second kappa shape index (κ2) is 4.61. The van der Waals surface area contributed by atoms with Gasteiger partial charge in [0.25, 0.3) is 0 Å². The van der Waals surface area contributed by atoms with Gasteiger partial charge in [-0.2, -0.15) is 18.4 Å². The maximum atomic E-state index is 12.7. The lowest BCUT2D eigenvalue weighted by Gasteiger charge is -2.11. The van der Waals surface area contributed by atoms with E-state index in [2.05, 4.69) is 4.98 Å². The summed E-state index contributed by atoms with van der Waals surface area (Å²) in [5.74, 6) is 0. The van der Waals surface area contributed by atoms with E-state index in [4.69, 9.17) is 11.0 Å². The minimum atomic E-state index is -4.44. The number of nitrogens with two attached hydrogens (primary N) is 1. The molecule has 1 heterocycles. The monoisotopic (exact) mass is 263 g/mol. The van der Waals surface area contributed by atoms with Gasteiger partial charge in [-0.1, -0.05) is 0 Å². The molecule has 2 rings (SSSR count). The van der Waals surface area contributed by atoms with Gasteiger partial charge in [0.2, 0.25) is 0 Å². The average Bonchev–Trinajstić information content (AvgIpc) is 2.38. The van der Waals surface area contributed by atoms with Crippen molar-refractivity contribution in [3.63, 3.8) is 0 Å². The number of rotatable bonds is 1. The molecule has 0 fully saturated rings. The van der Waals surface area contributed by atoms with Gasteiger partial charge < -0.3 is 5.73 Å². The van der Waals surface area contributed by atoms with Crippen molar-refractivity contribution in [2.24, 2.45) is 0 Å². The van der Waals surface area contributed by atoms with Crippen molar-refractivity contribution < 1.29 is 13.2 Å². The number of alkyl halides is 3. The molecule has 0 unspecified atom stereocenters. The maximum Gasteiger partial charge on any atom is 0.416 e. The van der Waals surface area contributed by atoms with Crippen molar-refractivity contribution >= 4 is 5.69 Å². The van der Waals surface area contributed by atoms with E-state index >= 15 is 0 Å². The molecule has 2 aromatic rings. The van der Waals surface area contributed by atoms with Crippen LogP contribution in [-0.2, 0) is 6.18 Å². The van der Waals surface area contributed by atoms with Gasteiger partial charge in [0.15, 0.2) is 0 Å². The Morgan fingerprint density at radius 3 is 2.53 bits per heavy atom. The Balaban J connectivity index is 2.58. The topological polar surface area (TPSA) is 62.7 Å². The summed E-state index contributed by atoms with van der Waals surface area (Å²) in [5.41, 5.74) is 5.89. The highest BCUT2D eigenvalue weighted by molar-refractivity contribution is 5.77. The molecule has 1 aromatic carbocycles. The van der Waals surface area contributed by atoms with Crippen LogP contribution in [0.4, 0.5) is 18.9 Å². The largest absolute Gasteiger partial charge is 0.416 e. The van der Waals surface area contributed by atoms with Crippen molar-refractivity contribution in [3.05, 3.63) is 47.8 Å². The normalized spacial score (nSPS) is 11.1. The summed E-state index contributed by atoms with van der Waals surface area (Å²) >= 11 is 0. The summed E-state index contributed by atoms with van der Waals surface area (Å²) < 4.78 is 38.0. The van der Waals surface area contributed by atoms with E-state index in [9.17, 15) is 13.2 Å². The zero-order chi connectivity index (χ0) is 14.0. The fraction of sp³-hybridized carbons (Fsp3) is 0.0769. The van der Waals surface area contributed by atoms with Gasteiger partial charge in [-0.25, -0.2) is 4.98 Å². The van der Waals surface area contributed by atoms with Crippen molar-refractivity contribution in [2.45, 2.75) is 6.18 Å². The molecule has 0 saturated heterocycles. The molecular formula is C13H8F3N3. The number of halogens is 3. The molecule has 0 spiro atoms. The van der Waals surface area contributed by atoms with Crippen LogP contribution in [0.15, 0.2) is 36.5 Å². The Hall–Kier alpha value is -2.55. The third kappa shape index (κ3) is 2.65. The Morgan fingerprint density at radius 2 is 1.89 bits per heavy atom. The highest BCUT2D eigenvalue weighted by Crippen LogP contribution is 2.34. The number of nitriles is 1. The van der Waals surface area contributed by atoms with E-state index < -0.39 is 11.7 Å². The predicted molar refractivity (Wildman–Crippen MR) is 63.8 cm³/mol. The number of aromatic nitrogens is 1. The highest BCUT2D eigenvalue weighted by atomic mass is 19.4. The Labute approximate surface area is 107 Å². The standard InChI is InChI=1S/C13H8F3N3/c14-13(15,16)9-1-2-12(18)11(6-9)8-3-4-19-10(5-8)7-17/h1-6H,18H2. The van der Waals surface area contributed by atoms with Crippen LogP contribution in [0.5, 0.6) is 0 Å². The minimum Gasteiger partial charge on any atom is -0.398 e. The van der Waals surface area contributed by atoms with Crippen LogP contribution in [-0.4, -0.2) is 4.98 Å². The highest BCUT2D eigenvalue weighted by Gasteiger charge is 2.30. The molecule has 0 amide bonds. The predicted octanol–water partition coefficient (Wildman–Crippen LogP) is 3.22. The Kier molecular flexibility index (Phi) is 3.13. The lowest BCUT2D eigenvalue weighted by molar-refractivity contribution is -0.137. The number of anilines is 1. The number of hydrogen-bond donors (Lipinski definition) is 1. The quantitative estimate of drug-likeness (QED) is 0.803. The van der Waals surface area contributed by atoms with Crippen LogP contribution in [0.2, 0.25) is 0 Å². The van der Waals surface area contributed by atoms with Gasteiger partial charge >= 0.3 is 6.18 Å². The number of pyridine rings is 1. The van der Waals surface area contributed by atoms with Crippen LogP contribution in [0.1, 0.15) is 11.3 Å². The van der Waals surface area contributed by atoms with E-state index in [0.717, 1.165) is 12.1 Å². The fourth-order valence-electron chi connectivity index (χ4n) is 1.64. The third-order valence-corrected chi connectivity index (χ3v) is 2.57. The first-order valence-electron chi connectivity index (χ1n) is 5.25. The first kappa shape index (κ1) is 12.9. The summed E-state index contributed by atoms with van der Waals surface area (Å²) in [5, 5.41) is 8.74. The molecule has 96 valence electrons. The molecule has 0 radical (unpaired) electrons.